The van der Waals surface area contributed by atoms with E-state index >= 15 is 0 Å². The van der Waals surface area contributed by atoms with Gasteiger partial charge in [-0.2, -0.15) is 0 Å². The Bertz CT molecular complexity index is 877. The van der Waals surface area contributed by atoms with Crippen LogP contribution >= 0.6 is 11.3 Å². The number of nitrogens with zero attached hydrogens (tertiary/aromatic N) is 3. The molecule has 160 valence electrons. The SMILES string of the molecule is C[C@H]1[C@H](NC(=O)C(=NOC(C)(C)C(=O)O)c2csc(N)n2)C(=O)N1OCC(=O)O.[Na].[Na]. The average Bonchev–Trinajstić information content (AvgIpc) is 3.05. The van der Waals surface area contributed by atoms with Gasteiger partial charge in [0.25, 0.3) is 11.8 Å². The Kier molecular flexibility index (Phi) is 11.6. The number of nitrogen functional groups attached to an aromatic ring is 1. The van der Waals surface area contributed by atoms with Gasteiger partial charge >= 0.3 is 11.9 Å². The molecule has 2 heterocycles. The van der Waals surface area contributed by atoms with Gasteiger partial charge in [0.2, 0.25) is 5.60 Å². The number of rotatable bonds is 9. The molecule has 0 aliphatic carbocycles. The number of nitrogens with two attached hydrogens (primary N) is 1. The van der Waals surface area contributed by atoms with Gasteiger partial charge < -0.3 is 26.1 Å². The number of anilines is 1. The summed E-state index contributed by atoms with van der Waals surface area (Å²) in [6.45, 7) is 3.30. The van der Waals surface area contributed by atoms with Crippen LogP contribution in [0.2, 0.25) is 0 Å². The molecule has 5 N–H and O–H groups in total. The third-order valence-electron chi connectivity index (χ3n) is 3.81. The smallest absolute Gasteiger partial charge is 0.350 e. The minimum atomic E-state index is -1.73. The molecule has 1 aromatic rings. The van der Waals surface area contributed by atoms with E-state index in [0.717, 1.165) is 16.4 Å². The number of hydrogen-bond acceptors (Lipinski definition) is 10. The van der Waals surface area contributed by atoms with Crippen LogP contribution in [0.5, 0.6) is 0 Å². The Morgan fingerprint density at radius 2 is 1.97 bits per heavy atom. The van der Waals surface area contributed by atoms with Crippen molar-refractivity contribution in [2.45, 2.75) is 38.5 Å². The largest absolute Gasteiger partial charge is 0.479 e. The number of carboxylic acids is 2. The van der Waals surface area contributed by atoms with Gasteiger partial charge in [0.05, 0.1) is 6.04 Å². The Hall–Kier alpha value is -1.26. The van der Waals surface area contributed by atoms with Crippen LogP contribution in [0.15, 0.2) is 10.5 Å². The average molecular weight is 475 g/mol. The number of aromatic nitrogens is 1. The summed E-state index contributed by atoms with van der Waals surface area (Å²) in [4.78, 5) is 60.2. The van der Waals surface area contributed by atoms with Crippen LogP contribution in [0, 0.1) is 0 Å². The molecule has 31 heavy (non-hydrogen) atoms. The molecule has 1 aliphatic heterocycles. The number of hydroxylamine groups is 2. The summed E-state index contributed by atoms with van der Waals surface area (Å²) in [5.74, 6) is -4.09. The number of carboxylic acid groups (broad SMARTS) is 2. The summed E-state index contributed by atoms with van der Waals surface area (Å²) < 4.78 is 0. The Morgan fingerprint density at radius 3 is 2.42 bits per heavy atom. The fourth-order valence-corrected chi connectivity index (χ4v) is 2.64. The van der Waals surface area contributed by atoms with Crippen molar-refractivity contribution in [1.82, 2.24) is 15.4 Å². The second kappa shape index (κ2) is 12.1. The Balaban J connectivity index is 0.00000450. The number of carbonyl (C=O) groups excluding carboxylic acids is 2. The van der Waals surface area contributed by atoms with Crippen molar-refractivity contribution in [2.24, 2.45) is 5.16 Å². The van der Waals surface area contributed by atoms with Crippen molar-refractivity contribution in [2.75, 3.05) is 12.3 Å². The van der Waals surface area contributed by atoms with E-state index < -0.39 is 48.0 Å². The topological polar surface area (TPSA) is 194 Å². The standard InChI is InChI=1S/C15H19N5O8S.2Na/c1-6-9(12(24)20(6)27-4-8(21)22)18-11(23)10(7-5-29-14(16)17-7)19-28-15(2,3)13(25)26;;/h5-6,9H,4H2,1-3H3,(H2,16,17)(H,18,23)(H,21,22)(H,25,26);;/t6-,9-;;/m0../s1. The van der Waals surface area contributed by atoms with Crippen molar-refractivity contribution < 1.29 is 39.1 Å². The molecule has 1 saturated heterocycles. The number of oxime groups is 1. The van der Waals surface area contributed by atoms with E-state index in [1.807, 2.05) is 0 Å². The molecule has 1 aliphatic rings. The number of β-lactam (4-membered cyclic amide) rings is 1. The summed E-state index contributed by atoms with van der Waals surface area (Å²) in [5.41, 5.74) is 3.49. The molecule has 2 rings (SSSR count). The second-order valence-corrected chi connectivity index (χ2v) is 7.33. The van der Waals surface area contributed by atoms with E-state index in [1.165, 1.54) is 26.2 Å². The van der Waals surface area contributed by atoms with Crippen molar-refractivity contribution in [3.05, 3.63) is 11.1 Å². The van der Waals surface area contributed by atoms with Gasteiger partial charge in [-0.25, -0.2) is 19.6 Å². The zero-order valence-electron chi connectivity index (χ0n) is 17.6. The summed E-state index contributed by atoms with van der Waals surface area (Å²) >= 11 is 1.02. The molecule has 1 fully saturated rings. The van der Waals surface area contributed by atoms with Gasteiger partial charge in [-0.3, -0.25) is 14.4 Å². The van der Waals surface area contributed by atoms with Crippen molar-refractivity contribution >= 4 is 105 Å². The minimum Gasteiger partial charge on any atom is -0.479 e. The summed E-state index contributed by atoms with van der Waals surface area (Å²) in [7, 11) is 0. The predicted octanol–water partition coefficient (Wildman–Crippen LogP) is -1.72. The van der Waals surface area contributed by atoms with Gasteiger partial charge in [0, 0.05) is 64.5 Å². The Labute approximate surface area is 224 Å². The minimum absolute atomic E-state index is 0. The fraction of sp³-hybridized carbons (Fsp3) is 0.467. The van der Waals surface area contributed by atoms with E-state index in [-0.39, 0.29) is 75.7 Å². The Morgan fingerprint density at radius 1 is 1.35 bits per heavy atom. The van der Waals surface area contributed by atoms with E-state index in [4.69, 9.17) is 25.6 Å². The van der Waals surface area contributed by atoms with Crippen molar-refractivity contribution in [1.29, 1.82) is 0 Å². The normalized spacial score (nSPS) is 18.2. The number of nitrogens with one attached hydrogen (secondary N) is 1. The first kappa shape index (κ1) is 29.7. The van der Waals surface area contributed by atoms with Crippen molar-refractivity contribution in [3.63, 3.8) is 0 Å². The van der Waals surface area contributed by atoms with Crippen LogP contribution in [0.1, 0.15) is 26.5 Å². The number of thiazole rings is 1. The molecule has 0 saturated carbocycles. The number of carbonyl (C=O) groups is 4. The quantitative estimate of drug-likeness (QED) is 0.138. The molecule has 0 unspecified atom stereocenters. The van der Waals surface area contributed by atoms with Crippen LogP contribution in [0.4, 0.5) is 5.13 Å². The molecule has 1 aromatic heterocycles. The number of amides is 2. The van der Waals surface area contributed by atoms with Crippen LogP contribution in [0.25, 0.3) is 0 Å². The molecule has 0 spiro atoms. The zero-order valence-corrected chi connectivity index (χ0v) is 22.4. The first-order valence-corrected chi connectivity index (χ1v) is 9.01. The molecule has 2 atom stereocenters. The van der Waals surface area contributed by atoms with Crippen LogP contribution < -0.4 is 11.1 Å². The maximum atomic E-state index is 12.7. The second-order valence-electron chi connectivity index (χ2n) is 6.44. The zero-order chi connectivity index (χ0) is 21.9. The third-order valence-corrected chi connectivity index (χ3v) is 4.48. The van der Waals surface area contributed by atoms with E-state index in [1.54, 1.807) is 0 Å². The van der Waals surface area contributed by atoms with E-state index in [9.17, 15) is 19.2 Å². The predicted molar refractivity (Wildman–Crippen MR) is 109 cm³/mol. The van der Waals surface area contributed by atoms with Crippen LogP contribution in [-0.4, -0.2) is 133 Å². The summed E-state index contributed by atoms with van der Waals surface area (Å²) in [6.07, 6.45) is 0. The summed E-state index contributed by atoms with van der Waals surface area (Å²) in [6, 6.07) is -1.66. The molecular formula is C15H19N5Na2O8S. The summed E-state index contributed by atoms with van der Waals surface area (Å²) in [5, 5.41) is 26.1. The van der Waals surface area contributed by atoms with Gasteiger partial charge in [0.1, 0.15) is 11.7 Å². The number of hydrogen-bond donors (Lipinski definition) is 4. The van der Waals surface area contributed by atoms with Crippen LogP contribution in [0.3, 0.4) is 0 Å². The molecule has 2 radical (unpaired) electrons. The van der Waals surface area contributed by atoms with E-state index in [0.29, 0.717) is 0 Å². The number of aliphatic carboxylic acids is 2. The monoisotopic (exact) mass is 475 g/mol. The van der Waals surface area contributed by atoms with Gasteiger partial charge in [-0.05, 0) is 20.8 Å². The maximum Gasteiger partial charge on any atom is 0.350 e. The van der Waals surface area contributed by atoms with Crippen LogP contribution in [-0.2, 0) is 28.9 Å². The fourth-order valence-electron chi connectivity index (χ4n) is 2.09. The third kappa shape index (κ3) is 7.39. The molecular weight excluding hydrogens is 456 g/mol. The molecule has 16 heteroatoms. The van der Waals surface area contributed by atoms with E-state index in [2.05, 4.69) is 15.5 Å². The maximum absolute atomic E-state index is 12.7. The van der Waals surface area contributed by atoms with Gasteiger partial charge in [-0.15, -0.1) is 11.3 Å². The first-order valence-electron chi connectivity index (χ1n) is 8.13. The van der Waals surface area contributed by atoms with Gasteiger partial charge in [0.15, 0.2) is 17.5 Å². The molecule has 2 amide bonds. The van der Waals surface area contributed by atoms with Crippen molar-refractivity contribution in [3.8, 4) is 0 Å². The molecule has 13 nitrogen and oxygen atoms in total. The van der Waals surface area contributed by atoms with Gasteiger partial charge in [-0.1, -0.05) is 5.16 Å². The molecule has 0 aromatic carbocycles. The molecule has 0 bridgehead atoms. The first-order chi connectivity index (χ1) is 13.4.